The van der Waals surface area contributed by atoms with Crippen LogP contribution in [0.1, 0.15) is 0 Å². The molecule has 8 heteroatoms. The number of aromatic amines is 1. The molecule has 0 bridgehead atoms. The van der Waals surface area contributed by atoms with E-state index >= 15 is 0 Å². The van der Waals surface area contributed by atoms with Crippen LogP contribution in [0.3, 0.4) is 0 Å². The Hall–Kier alpha value is -2.64. The van der Waals surface area contributed by atoms with Crippen LogP contribution >= 0.6 is 0 Å². The standard InChI is InChI=1S/C13H14F2N4O2/c1-19(2)13-17-10(16)9(11(20)18-13)7-3-5-8(6-4-7)21-12(14)15/h3-6,12H,1-2H3,(H3,16,17,18,20). The van der Waals surface area contributed by atoms with Gasteiger partial charge < -0.3 is 15.4 Å². The molecule has 2 rings (SSSR count). The van der Waals surface area contributed by atoms with Gasteiger partial charge in [-0.15, -0.1) is 0 Å². The number of aromatic nitrogens is 2. The minimum atomic E-state index is -2.90. The van der Waals surface area contributed by atoms with E-state index in [1.807, 2.05) is 0 Å². The fourth-order valence-corrected chi connectivity index (χ4v) is 1.77. The van der Waals surface area contributed by atoms with Crippen LogP contribution in [0, 0.1) is 0 Å². The number of halogens is 2. The van der Waals surface area contributed by atoms with E-state index < -0.39 is 12.2 Å². The van der Waals surface area contributed by atoms with E-state index in [4.69, 9.17) is 5.73 Å². The lowest BCUT2D eigenvalue weighted by Crippen LogP contribution is -2.21. The van der Waals surface area contributed by atoms with Crippen LogP contribution in [0.2, 0.25) is 0 Å². The van der Waals surface area contributed by atoms with Gasteiger partial charge in [0.25, 0.3) is 5.56 Å². The smallest absolute Gasteiger partial charge is 0.387 e. The molecule has 3 N–H and O–H groups in total. The summed E-state index contributed by atoms with van der Waals surface area (Å²) in [6.45, 7) is -2.90. The summed E-state index contributed by atoms with van der Waals surface area (Å²) in [6.07, 6.45) is 0. The molecule has 0 spiro atoms. The highest BCUT2D eigenvalue weighted by molar-refractivity contribution is 5.73. The number of H-pyrrole nitrogens is 1. The highest BCUT2D eigenvalue weighted by Crippen LogP contribution is 2.24. The van der Waals surface area contributed by atoms with E-state index in [-0.39, 0.29) is 17.1 Å². The number of benzene rings is 1. The van der Waals surface area contributed by atoms with Crippen molar-refractivity contribution in [3.05, 3.63) is 34.6 Å². The van der Waals surface area contributed by atoms with Crippen LogP contribution in [0.5, 0.6) is 5.75 Å². The molecule has 0 radical (unpaired) electrons. The van der Waals surface area contributed by atoms with Crippen molar-refractivity contribution in [2.45, 2.75) is 6.61 Å². The van der Waals surface area contributed by atoms with E-state index in [2.05, 4.69) is 14.7 Å². The van der Waals surface area contributed by atoms with Crippen molar-refractivity contribution in [1.82, 2.24) is 9.97 Å². The summed E-state index contributed by atoms with van der Waals surface area (Å²) in [4.78, 5) is 20.4. The zero-order valence-electron chi connectivity index (χ0n) is 11.4. The average Bonchev–Trinajstić information content (AvgIpc) is 2.39. The van der Waals surface area contributed by atoms with Gasteiger partial charge in [0.1, 0.15) is 11.6 Å². The summed E-state index contributed by atoms with van der Waals surface area (Å²) in [5.41, 5.74) is 6.04. The number of nitrogen functional groups attached to an aromatic ring is 1. The number of nitrogens with one attached hydrogen (secondary N) is 1. The van der Waals surface area contributed by atoms with Crippen LogP contribution in [0.4, 0.5) is 20.5 Å². The molecule has 21 heavy (non-hydrogen) atoms. The van der Waals surface area contributed by atoms with Crippen molar-refractivity contribution in [1.29, 1.82) is 0 Å². The summed E-state index contributed by atoms with van der Waals surface area (Å²) in [5.74, 6) is 0.394. The summed E-state index contributed by atoms with van der Waals surface area (Å²) in [6, 6.07) is 5.60. The quantitative estimate of drug-likeness (QED) is 0.897. The predicted molar refractivity (Wildman–Crippen MR) is 75.7 cm³/mol. The molecule has 0 amide bonds. The molecular formula is C13H14F2N4O2. The third kappa shape index (κ3) is 3.28. The summed E-state index contributed by atoms with van der Waals surface area (Å²) >= 11 is 0. The Morgan fingerprint density at radius 2 is 1.90 bits per heavy atom. The lowest BCUT2D eigenvalue weighted by molar-refractivity contribution is -0.0498. The van der Waals surface area contributed by atoms with Crippen LogP contribution in [0.15, 0.2) is 29.1 Å². The normalized spacial score (nSPS) is 10.7. The molecule has 1 aromatic heterocycles. The molecule has 0 aliphatic carbocycles. The van der Waals surface area contributed by atoms with Gasteiger partial charge in [-0.3, -0.25) is 9.78 Å². The third-order valence-electron chi connectivity index (χ3n) is 2.73. The largest absolute Gasteiger partial charge is 0.435 e. The second-order valence-electron chi connectivity index (χ2n) is 4.45. The van der Waals surface area contributed by atoms with Crippen molar-refractivity contribution < 1.29 is 13.5 Å². The maximum Gasteiger partial charge on any atom is 0.387 e. The molecule has 0 aliphatic rings. The number of nitrogens with two attached hydrogens (primary N) is 1. The van der Waals surface area contributed by atoms with Crippen molar-refractivity contribution in [2.24, 2.45) is 0 Å². The number of hydrogen-bond donors (Lipinski definition) is 2. The first-order valence-corrected chi connectivity index (χ1v) is 6.01. The van der Waals surface area contributed by atoms with Crippen LogP contribution in [-0.2, 0) is 0 Å². The Morgan fingerprint density at radius 1 is 1.29 bits per heavy atom. The highest BCUT2D eigenvalue weighted by Gasteiger charge is 2.13. The van der Waals surface area contributed by atoms with Gasteiger partial charge in [-0.05, 0) is 17.7 Å². The number of alkyl halides is 2. The van der Waals surface area contributed by atoms with Gasteiger partial charge in [-0.1, -0.05) is 12.1 Å². The topological polar surface area (TPSA) is 84.2 Å². The molecule has 2 aromatic rings. The van der Waals surface area contributed by atoms with Gasteiger partial charge in [0.05, 0.1) is 5.56 Å². The van der Waals surface area contributed by atoms with E-state index in [1.165, 1.54) is 24.3 Å². The monoisotopic (exact) mass is 296 g/mol. The van der Waals surface area contributed by atoms with Gasteiger partial charge in [-0.2, -0.15) is 13.8 Å². The Labute approximate surface area is 119 Å². The summed E-state index contributed by atoms with van der Waals surface area (Å²) in [7, 11) is 3.43. The number of anilines is 2. The van der Waals surface area contributed by atoms with Gasteiger partial charge in [0, 0.05) is 14.1 Å². The van der Waals surface area contributed by atoms with E-state index in [0.29, 0.717) is 11.5 Å². The van der Waals surface area contributed by atoms with Crippen LogP contribution in [0.25, 0.3) is 11.1 Å². The van der Waals surface area contributed by atoms with E-state index in [1.54, 1.807) is 19.0 Å². The fraction of sp³-hybridized carbons (Fsp3) is 0.231. The number of hydrogen-bond acceptors (Lipinski definition) is 5. The third-order valence-corrected chi connectivity index (χ3v) is 2.73. The minimum absolute atomic E-state index is 0.00150. The molecule has 1 heterocycles. The Morgan fingerprint density at radius 3 is 2.38 bits per heavy atom. The molecule has 0 saturated carbocycles. The van der Waals surface area contributed by atoms with E-state index in [0.717, 1.165) is 0 Å². The van der Waals surface area contributed by atoms with Gasteiger partial charge in [0.15, 0.2) is 0 Å². The molecule has 112 valence electrons. The first-order chi connectivity index (χ1) is 9.88. The zero-order valence-corrected chi connectivity index (χ0v) is 11.4. The SMILES string of the molecule is CN(C)c1nc(N)c(-c2ccc(OC(F)F)cc2)c(=O)[nH]1. The number of nitrogens with zero attached hydrogens (tertiary/aromatic N) is 2. The minimum Gasteiger partial charge on any atom is -0.435 e. The van der Waals surface area contributed by atoms with Crippen molar-refractivity contribution in [2.75, 3.05) is 24.7 Å². The summed E-state index contributed by atoms with van der Waals surface area (Å²) < 4.78 is 28.4. The Balaban J connectivity index is 2.40. The van der Waals surface area contributed by atoms with Crippen molar-refractivity contribution in [3.8, 4) is 16.9 Å². The van der Waals surface area contributed by atoms with Gasteiger partial charge >= 0.3 is 6.61 Å². The second-order valence-corrected chi connectivity index (χ2v) is 4.45. The summed E-state index contributed by atoms with van der Waals surface area (Å²) in [5, 5.41) is 0. The molecule has 1 aromatic carbocycles. The number of ether oxygens (including phenoxy) is 1. The van der Waals surface area contributed by atoms with Crippen molar-refractivity contribution >= 4 is 11.8 Å². The molecule has 0 atom stereocenters. The van der Waals surface area contributed by atoms with Crippen molar-refractivity contribution in [3.63, 3.8) is 0 Å². The molecule has 0 aliphatic heterocycles. The molecule has 0 unspecified atom stereocenters. The first kappa shape index (κ1) is 14.8. The van der Waals surface area contributed by atoms with Gasteiger partial charge in [0.2, 0.25) is 5.95 Å². The van der Waals surface area contributed by atoms with E-state index in [9.17, 15) is 13.6 Å². The maximum absolute atomic E-state index is 12.1. The second kappa shape index (κ2) is 5.78. The lowest BCUT2D eigenvalue weighted by Gasteiger charge is -2.13. The highest BCUT2D eigenvalue weighted by atomic mass is 19.3. The Bertz CT molecular complexity index is 684. The molecule has 0 fully saturated rings. The van der Waals surface area contributed by atoms with Gasteiger partial charge in [-0.25, -0.2) is 0 Å². The average molecular weight is 296 g/mol. The molecular weight excluding hydrogens is 282 g/mol. The first-order valence-electron chi connectivity index (χ1n) is 6.01. The predicted octanol–water partition coefficient (Wildman–Crippen LogP) is 1.69. The maximum atomic E-state index is 12.1. The van der Waals surface area contributed by atoms with Crippen LogP contribution in [-0.4, -0.2) is 30.7 Å². The number of rotatable bonds is 4. The Kier molecular flexibility index (Phi) is 4.06. The molecule has 6 nitrogen and oxygen atoms in total. The fourth-order valence-electron chi connectivity index (χ4n) is 1.77. The lowest BCUT2D eigenvalue weighted by atomic mass is 10.1. The zero-order chi connectivity index (χ0) is 15.6. The van der Waals surface area contributed by atoms with Crippen LogP contribution < -0.4 is 20.9 Å². The molecule has 0 saturated heterocycles.